The molecule has 0 unspecified atom stereocenters. The van der Waals surface area contributed by atoms with E-state index in [9.17, 15) is 9.59 Å². The van der Waals surface area contributed by atoms with Crippen molar-refractivity contribution in [2.45, 2.75) is 33.7 Å². The fourth-order valence-electron chi connectivity index (χ4n) is 2.52. The highest BCUT2D eigenvalue weighted by Gasteiger charge is 2.22. The monoisotopic (exact) mass is 298 g/mol. The van der Waals surface area contributed by atoms with Gasteiger partial charge in [-0.1, -0.05) is 23.8 Å². The lowest BCUT2D eigenvalue weighted by Crippen LogP contribution is -2.33. The molecule has 0 fully saturated rings. The molecule has 4 nitrogen and oxygen atoms in total. The maximum absolute atomic E-state index is 12.6. The second-order valence-corrected chi connectivity index (χ2v) is 5.85. The molecule has 0 aliphatic carbocycles. The Bertz CT molecular complexity index is 762. The molecule has 22 heavy (non-hydrogen) atoms. The number of carbonyl (C=O) groups excluding carboxylic acids is 1. The Morgan fingerprint density at radius 2 is 1.86 bits per heavy atom. The van der Waals surface area contributed by atoms with Crippen LogP contribution in [0.4, 0.5) is 0 Å². The van der Waals surface area contributed by atoms with Gasteiger partial charge in [0.1, 0.15) is 5.56 Å². The Morgan fingerprint density at radius 3 is 2.50 bits per heavy atom. The Balaban J connectivity index is 2.34. The second kappa shape index (κ2) is 6.18. The van der Waals surface area contributed by atoms with Gasteiger partial charge in [-0.05, 0) is 38.8 Å². The van der Waals surface area contributed by atoms with Gasteiger partial charge in [0.15, 0.2) is 5.43 Å². The lowest BCUT2D eigenvalue weighted by molar-refractivity contribution is 0.0740. The van der Waals surface area contributed by atoms with Crippen molar-refractivity contribution in [3.8, 4) is 0 Å². The van der Waals surface area contributed by atoms with Crippen LogP contribution in [0.25, 0.3) is 0 Å². The van der Waals surface area contributed by atoms with E-state index in [4.69, 9.17) is 0 Å². The first-order valence-electron chi connectivity index (χ1n) is 7.35. The van der Waals surface area contributed by atoms with E-state index in [1.807, 2.05) is 20.8 Å². The predicted molar refractivity (Wildman–Crippen MR) is 88.2 cm³/mol. The number of benzene rings is 1. The number of aromatic nitrogens is 1. The minimum atomic E-state index is -0.269. The summed E-state index contributed by atoms with van der Waals surface area (Å²) in [6, 6.07) is 7.54. The van der Waals surface area contributed by atoms with Crippen LogP contribution in [-0.4, -0.2) is 22.8 Å². The third kappa shape index (κ3) is 3.11. The number of hydrogen-bond donors (Lipinski definition) is 1. The van der Waals surface area contributed by atoms with Crippen molar-refractivity contribution in [1.82, 2.24) is 9.88 Å². The van der Waals surface area contributed by atoms with Crippen LogP contribution in [0.5, 0.6) is 0 Å². The van der Waals surface area contributed by atoms with Gasteiger partial charge in [-0.3, -0.25) is 9.59 Å². The van der Waals surface area contributed by atoms with Crippen molar-refractivity contribution in [2.75, 3.05) is 7.05 Å². The molecule has 0 saturated carbocycles. The molecule has 0 bridgehead atoms. The largest absolute Gasteiger partial charge is 0.364 e. The summed E-state index contributed by atoms with van der Waals surface area (Å²) >= 11 is 0. The summed E-state index contributed by atoms with van der Waals surface area (Å²) in [4.78, 5) is 29.1. The zero-order chi connectivity index (χ0) is 16.4. The van der Waals surface area contributed by atoms with Crippen LogP contribution < -0.4 is 5.43 Å². The quantitative estimate of drug-likeness (QED) is 0.946. The molecule has 0 spiro atoms. The van der Waals surface area contributed by atoms with E-state index in [0.29, 0.717) is 0 Å². The summed E-state index contributed by atoms with van der Waals surface area (Å²) < 4.78 is 0. The molecule has 0 radical (unpaired) electrons. The van der Waals surface area contributed by atoms with E-state index in [-0.39, 0.29) is 22.9 Å². The fourth-order valence-corrected chi connectivity index (χ4v) is 2.52. The number of carbonyl (C=O) groups is 1. The van der Waals surface area contributed by atoms with E-state index in [2.05, 4.69) is 23.2 Å². The van der Waals surface area contributed by atoms with E-state index >= 15 is 0 Å². The second-order valence-electron chi connectivity index (χ2n) is 5.85. The first-order chi connectivity index (χ1) is 10.3. The number of hydrogen-bond acceptors (Lipinski definition) is 2. The number of amides is 1. The molecule has 1 amide bonds. The standard InChI is InChI=1S/C18H22N2O2/c1-11-6-7-12(2)15(8-11)14(4)20(5)18(22)16-10-19-13(3)9-17(16)21/h6-10,14H,1-5H3,(H,19,21)/t14-/m1/s1. The summed E-state index contributed by atoms with van der Waals surface area (Å²) in [5, 5.41) is 0. The maximum Gasteiger partial charge on any atom is 0.259 e. The predicted octanol–water partition coefficient (Wildman–Crippen LogP) is 3.13. The van der Waals surface area contributed by atoms with Crippen LogP contribution in [0.1, 0.15) is 45.7 Å². The van der Waals surface area contributed by atoms with Gasteiger partial charge in [0.25, 0.3) is 5.91 Å². The third-order valence-electron chi connectivity index (χ3n) is 4.07. The summed E-state index contributed by atoms with van der Waals surface area (Å²) in [7, 11) is 1.73. The number of H-pyrrole nitrogens is 1. The molecule has 0 aliphatic rings. The lowest BCUT2D eigenvalue weighted by Gasteiger charge is -2.26. The van der Waals surface area contributed by atoms with Crippen LogP contribution in [0, 0.1) is 20.8 Å². The highest BCUT2D eigenvalue weighted by Crippen LogP contribution is 2.24. The Labute approximate surface area is 130 Å². The number of pyridine rings is 1. The number of nitrogens with zero attached hydrogens (tertiary/aromatic N) is 1. The molecule has 4 heteroatoms. The average Bonchev–Trinajstić information content (AvgIpc) is 2.47. The molecule has 0 aliphatic heterocycles. The van der Waals surface area contributed by atoms with E-state index in [1.54, 1.807) is 18.9 Å². The first-order valence-corrected chi connectivity index (χ1v) is 7.35. The summed E-state index contributed by atoms with van der Waals surface area (Å²) in [5.41, 5.74) is 4.05. The number of aryl methyl sites for hydroxylation is 3. The summed E-state index contributed by atoms with van der Waals surface area (Å²) in [5.74, 6) is -0.269. The van der Waals surface area contributed by atoms with Crippen LogP contribution in [-0.2, 0) is 0 Å². The van der Waals surface area contributed by atoms with Crippen LogP contribution in [0.3, 0.4) is 0 Å². The molecule has 0 saturated heterocycles. The van der Waals surface area contributed by atoms with Crippen LogP contribution in [0.15, 0.2) is 35.3 Å². The Kier molecular flexibility index (Phi) is 4.50. The normalized spacial score (nSPS) is 12.0. The molecule has 2 aromatic rings. The summed E-state index contributed by atoms with van der Waals surface area (Å²) in [6.07, 6.45) is 1.49. The van der Waals surface area contributed by atoms with Gasteiger partial charge >= 0.3 is 0 Å². The van der Waals surface area contributed by atoms with Gasteiger partial charge in [-0.15, -0.1) is 0 Å². The van der Waals surface area contributed by atoms with E-state index in [1.165, 1.54) is 12.3 Å². The van der Waals surface area contributed by atoms with Gasteiger partial charge in [0.2, 0.25) is 0 Å². The van der Waals surface area contributed by atoms with Crippen molar-refractivity contribution in [3.63, 3.8) is 0 Å². The Hall–Kier alpha value is -2.36. The van der Waals surface area contributed by atoms with Crippen molar-refractivity contribution in [2.24, 2.45) is 0 Å². The molecule has 1 aromatic heterocycles. The fraction of sp³-hybridized carbons (Fsp3) is 0.333. The van der Waals surface area contributed by atoms with E-state index in [0.717, 1.165) is 22.4 Å². The SMILES string of the molecule is Cc1ccc(C)c([C@@H](C)N(C)C(=O)c2c[nH]c(C)cc2=O)c1. The van der Waals surface area contributed by atoms with Crippen molar-refractivity contribution < 1.29 is 4.79 Å². The van der Waals surface area contributed by atoms with Crippen molar-refractivity contribution in [3.05, 3.63) is 68.6 Å². The zero-order valence-electron chi connectivity index (χ0n) is 13.7. The van der Waals surface area contributed by atoms with Crippen LogP contribution in [0.2, 0.25) is 0 Å². The van der Waals surface area contributed by atoms with Gasteiger partial charge in [0, 0.05) is 25.0 Å². The minimum Gasteiger partial charge on any atom is -0.364 e. The Morgan fingerprint density at radius 1 is 1.18 bits per heavy atom. The number of rotatable bonds is 3. The number of nitrogens with one attached hydrogen (secondary N) is 1. The topological polar surface area (TPSA) is 53.2 Å². The molecule has 1 heterocycles. The molecular formula is C18H22N2O2. The van der Waals surface area contributed by atoms with Crippen molar-refractivity contribution >= 4 is 5.91 Å². The average molecular weight is 298 g/mol. The zero-order valence-corrected chi connectivity index (χ0v) is 13.7. The molecule has 2 rings (SSSR count). The summed E-state index contributed by atoms with van der Waals surface area (Å²) in [6.45, 7) is 7.82. The van der Waals surface area contributed by atoms with Crippen LogP contribution >= 0.6 is 0 Å². The first kappa shape index (κ1) is 16.0. The smallest absolute Gasteiger partial charge is 0.259 e. The van der Waals surface area contributed by atoms with Crippen molar-refractivity contribution in [1.29, 1.82) is 0 Å². The molecular weight excluding hydrogens is 276 g/mol. The number of aromatic amines is 1. The third-order valence-corrected chi connectivity index (χ3v) is 4.07. The lowest BCUT2D eigenvalue weighted by atomic mass is 9.99. The van der Waals surface area contributed by atoms with Gasteiger partial charge < -0.3 is 9.88 Å². The maximum atomic E-state index is 12.6. The minimum absolute atomic E-state index is 0.104. The highest BCUT2D eigenvalue weighted by molar-refractivity contribution is 5.93. The van der Waals surface area contributed by atoms with Gasteiger partial charge in [-0.25, -0.2) is 0 Å². The van der Waals surface area contributed by atoms with Gasteiger partial charge in [0.05, 0.1) is 6.04 Å². The molecule has 1 N–H and O–H groups in total. The molecule has 1 atom stereocenters. The van der Waals surface area contributed by atoms with Gasteiger partial charge in [-0.2, -0.15) is 0 Å². The van der Waals surface area contributed by atoms with E-state index < -0.39 is 0 Å². The molecule has 1 aromatic carbocycles. The highest BCUT2D eigenvalue weighted by atomic mass is 16.2. The molecule has 116 valence electrons.